The van der Waals surface area contributed by atoms with Crippen LogP contribution in [0.2, 0.25) is 5.02 Å². The standard InChI is InChI=1S/C15H18ClN3O2/c1-9(17)7-13(20)18-8-14-19-10(2)15(21-14)11-3-5-12(16)6-4-11/h3-6,9H,7-8,17H2,1-2H3,(H,18,20). The van der Waals surface area contributed by atoms with Crippen molar-refractivity contribution < 1.29 is 9.21 Å². The molecule has 6 heteroatoms. The van der Waals surface area contributed by atoms with Crippen LogP contribution in [0.25, 0.3) is 11.3 Å². The number of halogens is 1. The number of nitrogens with one attached hydrogen (secondary N) is 1. The first-order valence-electron chi connectivity index (χ1n) is 6.70. The Labute approximate surface area is 128 Å². The van der Waals surface area contributed by atoms with Crippen molar-refractivity contribution in [1.29, 1.82) is 0 Å². The summed E-state index contributed by atoms with van der Waals surface area (Å²) in [5.74, 6) is 1.03. The normalized spacial score (nSPS) is 12.2. The Bertz CT molecular complexity index is 620. The molecule has 1 aromatic carbocycles. The van der Waals surface area contributed by atoms with Crippen LogP contribution in [0, 0.1) is 6.92 Å². The van der Waals surface area contributed by atoms with E-state index < -0.39 is 0 Å². The van der Waals surface area contributed by atoms with E-state index in [2.05, 4.69) is 10.3 Å². The minimum atomic E-state index is -0.166. The zero-order valence-corrected chi connectivity index (χ0v) is 12.8. The van der Waals surface area contributed by atoms with E-state index >= 15 is 0 Å². The van der Waals surface area contributed by atoms with Crippen molar-refractivity contribution in [1.82, 2.24) is 10.3 Å². The Morgan fingerprint density at radius 2 is 2.10 bits per heavy atom. The molecule has 1 aromatic heterocycles. The Kier molecular flexibility index (Phi) is 4.98. The van der Waals surface area contributed by atoms with E-state index in [1.165, 1.54) is 0 Å². The monoisotopic (exact) mass is 307 g/mol. The number of nitrogens with zero attached hydrogens (tertiary/aromatic N) is 1. The molecule has 5 nitrogen and oxygen atoms in total. The molecule has 1 heterocycles. The fourth-order valence-electron chi connectivity index (χ4n) is 1.94. The van der Waals surface area contributed by atoms with Gasteiger partial charge in [-0.05, 0) is 38.1 Å². The average molecular weight is 308 g/mol. The Morgan fingerprint density at radius 3 is 2.71 bits per heavy atom. The summed E-state index contributed by atoms with van der Waals surface area (Å²) in [6.07, 6.45) is 0.281. The van der Waals surface area contributed by atoms with E-state index in [1.807, 2.05) is 19.1 Å². The average Bonchev–Trinajstić information content (AvgIpc) is 2.78. The molecule has 0 saturated carbocycles. The zero-order chi connectivity index (χ0) is 15.4. The molecule has 0 fully saturated rings. The van der Waals surface area contributed by atoms with E-state index in [1.54, 1.807) is 19.1 Å². The fourth-order valence-corrected chi connectivity index (χ4v) is 2.06. The highest BCUT2D eigenvalue weighted by Crippen LogP contribution is 2.25. The third-order valence-corrected chi connectivity index (χ3v) is 3.14. The number of benzene rings is 1. The number of oxazole rings is 1. The van der Waals surface area contributed by atoms with E-state index in [9.17, 15) is 4.79 Å². The summed E-state index contributed by atoms with van der Waals surface area (Å²) in [5.41, 5.74) is 7.24. The highest BCUT2D eigenvalue weighted by atomic mass is 35.5. The second-order valence-electron chi connectivity index (χ2n) is 4.99. The van der Waals surface area contributed by atoms with Crippen LogP contribution in [0.5, 0.6) is 0 Å². The maximum atomic E-state index is 11.6. The van der Waals surface area contributed by atoms with Gasteiger partial charge < -0.3 is 15.5 Å². The van der Waals surface area contributed by atoms with Crippen molar-refractivity contribution in [3.8, 4) is 11.3 Å². The Morgan fingerprint density at radius 1 is 1.43 bits per heavy atom. The van der Waals surface area contributed by atoms with Crippen molar-refractivity contribution in [2.75, 3.05) is 0 Å². The number of hydrogen-bond acceptors (Lipinski definition) is 4. The lowest BCUT2D eigenvalue weighted by Crippen LogP contribution is -2.29. The third-order valence-electron chi connectivity index (χ3n) is 2.89. The molecule has 1 unspecified atom stereocenters. The van der Waals surface area contributed by atoms with E-state index in [-0.39, 0.29) is 24.9 Å². The molecule has 1 amide bonds. The van der Waals surface area contributed by atoms with Crippen LogP contribution in [-0.4, -0.2) is 16.9 Å². The van der Waals surface area contributed by atoms with Gasteiger partial charge in [0.05, 0.1) is 12.2 Å². The van der Waals surface area contributed by atoms with Crippen molar-refractivity contribution >= 4 is 17.5 Å². The fraction of sp³-hybridized carbons (Fsp3) is 0.333. The van der Waals surface area contributed by atoms with E-state index in [0.717, 1.165) is 11.3 Å². The molecule has 1 atom stereocenters. The molecular formula is C15H18ClN3O2. The van der Waals surface area contributed by atoms with Crippen LogP contribution >= 0.6 is 11.6 Å². The summed E-state index contributed by atoms with van der Waals surface area (Å²) >= 11 is 5.87. The lowest BCUT2D eigenvalue weighted by atomic mass is 10.1. The summed E-state index contributed by atoms with van der Waals surface area (Å²) in [7, 11) is 0. The first kappa shape index (κ1) is 15.5. The molecule has 0 aliphatic rings. The number of aryl methyl sites for hydroxylation is 1. The van der Waals surface area contributed by atoms with Gasteiger partial charge in [0, 0.05) is 23.0 Å². The zero-order valence-electron chi connectivity index (χ0n) is 12.0. The summed E-state index contributed by atoms with van der Waals surface area (Å²) in [6.45, 7) is 3.90. The Hall–Kier alpha value is -1.85. The van der Waals surface area contributed by atoms with Gasteiger partial charge in [-0.3, -0.25) is 4.79 Å². The van der Waals surface area contributed by atoms with Gasteiger partial charge in [-0.25, -0.2) is 4.98 Å². The maximum Gasteiger partial charge on any atom is 0.221 e. The lowest BCUT2D eigenvalue weighted by Gasteiger charge is -2.04. The molecule has 0 bridgehead atoms. The van der Waals surface area contributed by atoms with Gasteiger partial charge in [0.2, 0.25) is 11.8 Å². The second-order valence-corrected chi connectivity index (χ2v) is 5.42. The van der Waals surface area contributed by atoms with E-state index in [4.69, 9.17) is 21.8 Å². The third kappa shape index (κ3) is 4.31. The summed E-state index contributed by atoms with van der Waals surface area (Å²) < 4.78 is 5.70. The van der Waals surface area contributed by atoms with Crippen molar-refractivity contribution in [3.05, 3.63) is 40.9 Å². The van der Waals surface area contributed by atoms with Gasteiger partial charge in [0.15, 0.2) is 5.76 Å². The first-order chi connectivity index (χ1) is 9.95. The molecular weight excluding hydrogens is 290 g/mol. The topological polar surface area (TPSA) is 81.2 Å². The number of rotatable bonds is 5. The molecule has 3 N–H and O–H groups in total. The van der Waals surface area contributed by atoms with Crippen LogP contribution in [0.3, 0.4) is 0 Å². The molecule has 21 heavy (non-hydrogen) atoms. The van der Waals surface area contributed by atoms with Gasteiger partial charge in [-0.2, -0.15) is 0 Å². The number of carbonyl (C=O) groups excluding carboxylic acids is 1. The number of nitrogens with two attached hydrogens (primary N) is 1. The van der Waals surface area contributed by atoms with Crippen LogP contribution in [-0.2, 0) is 11.3 Å². The first-order valence-corrected chi connectivity index (χ1v) is 7.08. The predicted molar refractivity (Wildman–Crippen MR) is 81.8 cm³/mol. The lowest BCUT2D eigenvalue weighted by molar-refractivity contribution is -0.121. The minimum absolute atomic E-state index is 0.117. The number of aromatic nitrogens is 1. The van der Waals surface area contributed by atoms with Gasteiger partial charge >= 0.3 is 0 Å². The number of carbonyl (C=O) groups is 1. The van der Waals surface area contributed by atoms with Gasteiger partial charge in [0.25, 0.3) is 0 Å². The molecule has 112 valence electrons. The molecule has 0 aliphatic heterocycles. The SMILES string of the molecule is Cc1nc(CNC(=O)CC(C)N)oc1-c1ccc(Cl)cc1. The number of hydrogen-bond donors (Lipinski definition) is 2. The van der Waals surface area contributed by atoms with Crippen molar-refractivity contribution in [2.45, 2.75) is 32.9 Å². The van der Waals surface area contributed by atoms with Gasteiger partial charge in [-0.1, -0.05) is 11.6 Å². The van der Waals surface area contributed by atoms with Crippen molar-refractivity contribution in [2.24, 2.45) is 5.73 Å². The predicted octanol–water partition coefficient (Wildman–Crippen LogP) is 2.66. The number of amides is 1. The largest absolute Gasteiger partial charge is 0.438 e. The van der Waals surface area contributed by atoms with Gasteiger partial charge in [0.1, 0.15) is 0 Å². The van der Waals surface area contributed by atoms with Crippen molar-refractivity contribution in [3.63, 3.8) is 0 Å². The van der Waals surface area contributed by atoms with Crippen LogP contribution in [0.15, 0.2) is 28.7 Å². The highest BCUT2D eigenvalue weighted by molar-refractivity contribution is 6.30. The molecule has 0 radical (unpaired) electrons. The van der Waals surface area contributed by atoms with Crippen LogP contribution < -0.4 is 11.1 Å². The summed E-state index contributed by atoms with van der Waals surface area (Å²) in [5, 5.41) is 3.40. The molecule has 0 aliphatic carbocycles. The maximum absolute atomic E-state index is 11.6. The summed E-state index contributed by atoms with van der Waals surface area (Å²) in [4.78, 5) is 15.9. The Balaban J connectivity index is 2.05. The quantitative estimate of drug-likeness (QED) is 0.890. The molecule has 0 saturated heterocycles. The second kappa shape index (κ2) is 6.74. The van der Waals surface area contributed by atoms with Crippen LogP contribution in [0.4, 0.5) is 0 Å². The minimum Gasteiger partial charge on any atom is -0.438 e. The molecule has 0 spiro atoms. The van der Waals surface area contributed by atoms with Crippen LogP contribution in [0.1, 0.15) is 24.9 Å². The summed E-state index contributed by atoms with van der Waals surface area (Å²) in [6, 6.07) is 7.16. The smallest absolute Gasteiger partial charge is 0.221 e. The van der Waals surface area contributed by atoms with Gasteiger partial charge in [-0.15, -0.1) is 0 Å². The molecule has 2 rings (SSSR count). The molecule has 2 aromatic rings. The highest BCUT2D eigenvalue weighted by Gasteiger charge is 2.13. The van der Waals surface area contributed by atoms with E-state index in [0.29, 0.717) is 16.7 Å².